The molecular formula is C18H24N6O2. The van der Waals surface area contributed by atoms with E-state index in [1.807, 2.05) is 17.9 Å². The zero-order chi connectivity index (χ0) is 17.9. The molecule has 2 aliphatic rings. The maximum Gasteiger partial charge on any atom is 0.272 e. The van der Waals surface area contributed by atoms with E-state index in [0.29, 0.717) is 31.2 Å². The van der Waals surface area contributed by atoms with Crippen LogP contribution in [0.5, 0.6) is 5.88 Å². The minimum absolute atomic E-state index is 0.0101. The van der Waals surface area contributed by atoms with Gasteiger partial charge in [-0.2, -0.15) is 5.10 Å². The zero-order valence-corrected chi connectivity index (χ0v) is 15.0. The predicted octanol–water partition coefficient (Wildman–Crippen LogP) is 1.59. The lowest BCUT2D eigenvalue weighted by Gasteiger charge is -2.19. The van der Waals surface area contributed by atoms with E-state index in [9.17, 15) is 4.79 Å². The van der Waals surface area contributed by atoms with E-state index in [0.717, 1.165) is 25.3 Å². The van der Waals surface area contributed by atoms with Crippen LogP contribution in [0.4, 0.5) is 5.82 Å². The van der Waals surface area contributed by atoms with E-state index in [2.05, 4.69) is 20.0 Å². The largest absolute Gasteiger partial charge is 0.472 e. The maximum atomic E-state index is 12.7. The number of hydrogen-bond acceptors (Lipinski definition) is 6. The van der Waals surface area contributed by atoms with Gasteiger partial charge in [-0.25, -0.2) is 9.97 Å². The summed E-state index contributed by atoms with van der Waals surface area (Å²) < 4.78 is 7.76. The average molecular weight is 356 g/mol. The molecule has 1 amide bonds. The van der Waals surface area contributed by atoms with Crippen molar-refractivity contribution in [3.63, 3.8) is 0 Å². The molecule has 2 aliphatic heterocycles. The van der Waals surface area contributed by atoms with Crippen molar-refractivity contribution in [1.29, 1.82) is 0 Å². The Morgan fingerprint density at radius 3 is 2.92 bits per heavy atom. The number of aromatic nitrogens is 4. The molecule has 2 aromatic rings. The molecule has 0 aliphatic carbocycles. The number of carbonyl (C=O) groups excluding carboxylic acids is 1. The number of nitrogens with zero attached hydrogens (tertiary/aromatic N) is 6. The quantitative estimate of drug-likeness (QED) is 0.810. The number of carbonyl (C=O) groups is 1. The fourth-order valence-electron chi connectivity index (χ4n) is 3.62. The van der Waals surface area contributed by atoms with Crippen LogP contribution in [-0.4, -0.2) is 62.8 Å². The molecule has 4 heterocycles. The van der Waals surface area contributed by atoms with Crippen molar-refractivity contribution in [3.8, 4) is 5.88 Å². The second-order valence-corrected chi connectivity index (χ2v) is 6.72. The number of aryl methyl sites for hydroxylation is 1. The Morgan fingerprint density at radius 1 is 1.27 bits per heavy atom. The fourth-order valence-corrected chi connectivity index (χ4v) is 3.62. The summed E-state index contributed by atoms with van der Waals surface area (Å²) in [5, 5.41) is 4.18. The Balaban J connectivity index is 1.38. The zero-order valence-electron chi connectivity index (χ0n) is 15.0. The monoisotopic (exact) mass is 356 g/mol. The third-order valence-corrected chi connectivity index (χ3v) is 5.01. The molecule has 138 valence electrons. The molecular weight excluding hydrogens is 332 g/mol. The highest BCUT2D eigenvalue weighted by Gasteiger charge is 2.30. The first-order valence-corrected chi connectivity index (χ1v) is 9.29. The minimum Gasteiger partial charge on any atom is -0.472 e. The second kappa shape index (κ2) is 7.31. The van der Waals surface area contributed by atoms with Crippen LogP contribution in [-0.2, 0) is 6.54 Å². The van der Waals surface area contributed by atoms with Gasteiger partial charge in [-0.05, 0) is 25.8 Å². The van der Waals surface area contributed by atoms with Crippen LogP contribution in [0, 0.1) is 0 Å². The average Bonchev–Trinajstić information content (AvgIpc) is 3.42. The first-order chi connectivity index (χ1) is 12.7. The molecule has 0 unspecified atom stereocenters. The van der Waals surface area contributed by atoms with E-state index in [4.69, 9.17) is 4.74 Å². The van der Waals surface area contributed by atoms with E-state index in [-0.39, 0.29) is 12.0 Å². The summed E-state index contributed by atoms with van der Waals surface area (Å²) in [4.78, 5) is 25.4. The van der Waals surface area contributed by atoms with Gasteiger partial charge in [-0.3, -0.25) is 9.48 Å². The topological polar surface area (TPSA) is 76.4 Å². The van der Waals surface area contributed by atoms with Gasteiger partial charge in [0.2, 0.25) is 5.88 Å². The lowest BCUT2D eigenvalue weighted by molar-refractivity contribution is 0.0759. The summed E-state index contributed by atoms with van der Waals surface area (Å²) in [5.41, 5.74) is 0.631. The van der Waals surface area contributed by atoms with Crippen molar-refractivity contribution in [2.75, 3.05) is 31.1 Å². The number of ether oxygens (including phenoxy) is 1. The number of likely N-dealkylation sites (tertiary alicyclic amines) is 1. The Hall–Kier alpha value is -2.64. The molecule has 2 aromatic heterocycles. The smallest absolute Gasteiger partial charge is 0.272 e. The van der Waals surface area contributed by atoms with E-state index < -0.39 is 0 Å². The van der Waals surface area contributed by atoms with Crippen LogP contribution < -0.4 is 9.64 Å². The van der Waals surface area contributed by atoms with Gasteiger partial charge in [-0.15, -0.1) is 0 Å². The predicted molar refractivity (Wildman–Crippen MR) is 96.3 cm³/mol. The molecule has 26 heavy (non-hydrogen) atoms. The lowest BCUT2D eigenvalue weighted by atomic mass is 10.3. The molecule has 0 N–H and O–H groups in total. The van der Waals surface area contributed by atoms with Gasteiger partial charge in [0.25, 0.3) is 5.91 Å². The fraction of sp³-hybridized carbons (Fsp3) is 0.556. The summed E-state index contributed by atoms with van der Waals surface area (Å²) >= 11 is 0. The standard InChI is InChI=1S/C18H24N6O2/c1-2-24-15(5-7-21-24)18(25)23-10-6-14(12-23)26-17-11-16(19-13-20-17)22-8-3-4-9-22/h5,7,11,13-14H,2-4,6,8-10,12H2,1H3/t14-/m1/s1. The molecule has 0 bridgehead atoms. The van der Waals surface area contributed by atoms with Crippen LogP contribution in [0.1, 0.15) is 36.7 Å². The van der Waals surface area contributed by atoms with Crippen molar-refractivity contribution in [2.24, 2.45) is 0 Å². The van der Waals surface area contributed by atoms with Crippen molar-refractivity contribution in [2.45, 2.75) is 38.8 Å². The lowest BCUT2D eigenvalue weighted by Crippen LogP contribution is -2.32. The van der Waals surface area contributed by atoms with Crippen LogP contribution in [0.15, 0.2) is 24.7 Å². The first-order valence-electron chi connectivity index (χ1n) is 9.29. The van der Waals surface area contributed by atoms with Crippen molar-refractivity contribution >= 4 is 11.7 Å². The molecule has 2 fully saturated rings. The van der Waals surface area contributed by atoms with E-state index in [1.165, 1.54) is 12.8 Å². The van der Waals surface area contributed by atoms with Gasteiger partial charge in [0.15, 0.2) is 0 Å². The number of hydrogen-bond donors (Lipinski definition) is 0. The van der Waals surface area contributed by atoms with Crippen LogP contribution in [0.3, 0.4) is 0 Å². The first kappa shape index (κ1) is 16.8. The summed E-state index contributed by atoms with van der Waals surface area (Å²) in [6.45, 7) is 5.98. The summed E-state index contributed by atoms with van der Waals surface area (Å²) in [6.07, 6.45) is 6.39. The van der Waals surface area contributed by atoms with Crippen molar-refractivity contribution in [1.82, 2.24) is 24.6 Å². The van der Waals surface area contributed by atoms with E-state index in [1.54, 1.807) is 23.3 Å². The molecule has 0 spiro atoms. The van der Waals surface area contributed by atoms with Gasteiger partial charge < -0.3 is 14.5 Å². The molecule has 0 radical (unpaired) electrons. The summed E-state index contributed by atoms with van der Waals surface area (Å²) in [6, 6.07) is 3.68. The Bertz CT molecular complexity index is 771. The number of amides is 1. The second-order valence-electron chi connectivity index (χ2n) is 6.72. The minimum atomic E-state index is -0.0433. The van der Waals surface area contributed by atoms with Gasteiger partial charge in [-0.1, -0.05) is 0 Å². The third-order valence-electron chi connectivity index (χ3n) is 5.01. The molecule has 8 heteroatoms. The van der Waals surface area contributed by atoms with Crippen LogP contribution in [0.25, 0.3) is 0 Å². The SMILES string of the molecule is CCn1nccc1C(=O)N1CC[C@@H](Oc2cc(N3CCCC3)ncn2)C1. The molecule has 0 saturated carbocycles. The molecule has 1 atom stereocenters. The van der Waals surface area contributed by atoms with Crippen LogP contribution >= 0.6 is 0 Å². The molecule has 2 saturated heterocycles. The Kier molecular flexibility index (Phi) is 4.73. The molecule has 0 aromatic carbocycles. The maximum absolute atomic E-state index is 12.7. The van der Waals surface area contributed by atoms with E-state index >= 15 is 0 Å². The summed E-state index contributed by atoms with van der Waals surface area (Å²) in [7, 11) is 0. The highest BCUT2D eigenvalue weighted by atomic mass is 16.5. The highest BCUT2D eigenvalue weighted by molar-refractivity contribution is 5.92. The van der Waals surface area contributed by atoms with Gasteiger partial charge in [0, 0.05) is 44.9 Å². The number of rotatable bonds is 5. The summed E-state index contributed by atoms with van der Waals surface area (Å²) in [5.74, 6) is 1.51. The number of anilines is 1. The molecule has 8 nitrogen and oxygen atoms in total. The Labute approximate surface area is 152 Å². The van der Waals surface area contributed by atoms with Crippen molar-refractivity contribution in [3.05, 3.63) is 30.4 Å². The van der Waals surface area contributed by atoms with Crippen LogP contribution in [0.2, 0.25) is 0 Å². The van der Waals surface area contributed by atoms with Gasteiger partial charge in [0.1, 0.15) is 23.9 Å². The van der Waals surface area contributed by atoms with Gasteiger partial charge >= 0.3 is 0 Å². The highest BCUT2D eigenvalue weighted by Crippen LogP contribution is 2.23. The van der Waals surface area contributed by atoms with Crippen molar-refractivity contribution < 1.29 is 9.53 Å². The molecule has 4 rings (SSSR count). The normalized spacial score (nSPS) is 20.0. The van der Waals surface area contributed by atoms with Gasteiger partial charge in [0.05, 0.1) is 6.54 Å². The third kappa shape index (κ3) is 3.36. The Morgan fingerprint density at radius 2 is 2.12 bits per heavy atom.